The number of nitrogens with one attached hydrogen (secondary N) is 1. The number of para-hydroxylation sites is 1. The maximum atomic E-state index is 14.0. The van der Waals surface area contributed by atoms with Crippen LogP contribution in [0.25, 0.3) is 0 Å². The van der Waals surface area contributed by atoms with Crippen molar-refractivity contribution in [2.75, 3.05) is 11.9 Å². The highest BCUT2D eigenvalue weighted by Gasteiger charge is 2.32. The molecule has 0 radical (unpaired) electrons. The van der Waals surface area contributed by atoms with Crippen LogP contribution in [0.3, 0.4) is 0 Å². The van der Waals surface area contributed by atoms with Gasteiger partial charge in [0.2, 0.25) is 0 Å². The first-order chi connectivity index (χ1) is 6.11. The van der Waals surface area contributed by atoms with Crippen LogP contribution in [0.1, 0.15) is 18.9 Å². The molecule has 0 amide bonds. The van der Waals surface area contributed by atoms with Crippen molar-refractivity contribution in [3.8, 4) is 0 Å². The molecule has 0 spiro atoms. The zero-order valence-corrected chi connectivity index (χ0v) is 8.99. The molecular formula is C10H11BrFN. The average Bonchev–Trinajstić information content (AvgIpc) is 2.06. The second-order valence-corrected chi connectivity index (χ2v) is 4.39. The number of anilines is 1. The van der Waals surface area contributed by atoms with E-state index in [-0.39, 0.29) is 0 Å². The monoisotopic (exact) mass is 243 g/mol. The normalized spacial score (nSPS) is 26.4. The Morgan fingerprint density at radius 2 is 2.31 bits per heavy atom. The summed E-state index contributed by atoms with van der Waals surface area (Å²) in [5.41, 5.74) is 0.469. The van der Waals surface area contributed by atoms with Crippen LogP contribution in [0.15, 0.2) is 22.7 Å². The molecule has 3 heteroatoms. The molecule has 1 nitrogen and oxygen atoms in total. The van der Waals surface area contributed by atoms with Crippen molar-refractivity contribution in [1.82, 2.24) is 0 Å². The molecule has 1 aliphatic rings. The van der Waals surface area contributed by atoms with Gasteiger partial charge in [-0.2, -0.15) is 0 Å². The highest BCUT2D eigenvalue weighted by atomic mass is 79.9. The summed E-state index contributed by atoms with van der Waals surface area (Å²) >= 11 is 3.40. The van der Waals surface area contributed by atoms with Crippen LogP contribution in [0.2, 0.25) is 0 Å². The summed E-state index contributed by atoms with van der Waals surface area (Å²) in [6.45, 7) is 2.34. The van der Waals surface area contributed by atoms with Gasteiger partial charge in [0.05, 0.1) is 5.69 Å². The molecule has 1 aromatic rings. The highest BCUT2D eigenvalue weighted by Crippen LogP contribution is 2.41. The zero-order valence-electron chi connectivity index (χ0n) is 7.40. The van der Waals surface area contributed by atoms with Crippen molar-refractivity contribution in [1.29, 1.82) is 0 Å². The van der Waals surface area contributed by atoms with Crippen LogP contribution < -0.4 is 5.32 Å². The van der Waals surface area contributed by atoms with Crippen molar-refractivity contribution >= 4 is 21.6 Å². The van der Waals surface area contributed by atoms with Gasteiger partial charge in [0.1, 0.15) is 5.67 Å². The van der Waals surface area contributed by atoms with E-state index in [1.54, 1.807) is 6.92 Å². The molecule has 0 bridgehead atoms. The molecule has 2 rings (SSSR count). The van der Waals surface area contributed by atoms with E-state index in [4.69, 9.17) is 0 Å². The van der Waals surface area contributed by atoms with Gasteiger partial charge < -0.3 is 5.32 Å². The van der Waals surface area contributed by atoms with Gasteiger partial charge in [-0.1, -0.05) is 12.1 Å². The molecule has 1 aromatic carbocycles. The molecule has 1 heterocycles. The predicted molar refractivity (Wildman–Crippen MR) is 55.7 cm³/mol. The lowest BCUT2D eigenvalue weighted by atomic mass is 9.90. The molecule has 1 unspecified atom stereocenters. The predicted octanol–water partition coefficient (Wildman–Crippen LogP) is 3.45. The van der Waals surface area contributed by atoms with Gasteiger partial charge in [-0.25, -0.2) is 4.39 Å². The van der Waals surface area contributed by atoms with Gasteiger partial charge in [-0.3, -0.25) is 0 Å². The molecule has 0 aliphatic carbocycles. The van der Waals surface area contributed by atoms with Crippen LogP contribution >= 0.6 is 15.9 Å². The first kappa shape index (κ1) is 9.00. The molecule has 1 N–H and O–H groups in total. The fourth-order valence-electron chi connectivity index (χ4n) is 1.70. The smallest absolute Gasteiger partial charge is 0.136 e. The lowest BCUT2D eigenvalue weighted by Crippen LogP contribution is -2.27. The summed E-state index contributed by atoms with van der Waals surface area (Å²) in [6.07, 6.45) is 0.538. The number of benzene rings is 1. The summed E-state index contributed by atoms with van der Waals surface area (Å²) in [7, 11) is 0. The van der Waals surface area contributed by atoms with Crippen LogP contribution in [0.4, 0.5) is 10.1 Å². The van der Waals surface area contributed by atoms with Crippen molar-refractivity contribution in [3.05, 3.63) is 28.2 Å². The minimum Gasteiger partial charge on any atom is -0.384 e. The maximum Gasteiger partial charge on any atom is 0.136 e. The van der Waals surface area contributed by atoms with E-state index in [0.29, 0.717) is 13.0 Å². The van der Waals surface area contributed by atoms with E-state index in [1.165, 1.54) is 0 Å². The van der Waals surface area contributed by atoms with Crippen LogP contribution in [-0.2, 0) is 5.67 Å². The fraction of sp³-hybridized carbons (Fsp3) is 0.400. The molecule has 0 aromatic heterocycles. The highest BCUT2D eigenvalue weighted by molar-refractivity contribution is 9.10. The number of rotatable bonds is 0. The van der Waals surface area contributed by atoms with Crippen molar-refractivity contribution in [2.24, 2.45) is 0 Å². The van der Waals surface area contributed by atoms with E-state index in [0.717, 1.165) is 15.7 Å². The van der Waals surface area contributed by atoms with Gasteiger partial charge >= 0.3 is 0 Å². The molecule has 1 aliphatic heterocycles. The second kappa shape index (κ2) is 2.98. The van der Waals surface area contributed by atoms with Gasteiger partial charge in [-0.05, 0) is 28.9 Å². The topological polar surface area (TPSA) is 12.0 Å². The Morgan fingerprint density at radius 3 is 3.00 bits per heavy atom. The number of hydrogen-bond donors (Lipinski definition) is 1. The number of fused-ring (bicyclic) bond motifs is 1. The maximum absolute atomic E-state index is 14.0. The fourth-order valence-corrected chi connectivity index (χ4v) is 2.20. The number of alkyl halides is 1. The van der Waals surface area contributed by atoms with E-state index in [1.807, 2.05) is 18.2 Å². The van der Waals surface area contributed by atoms with Crippen molar-refractivity contribution < 1.29 is 4.39 Å². The first-order valence-corrected chi connectivity index (χ1v) is 5.12. The lowest BCUT2D eigenvalue weighted by molar-refractivity contribution is 0.178. The average molecular weight is 244 g/mol. The summed E-state index contributed by atoms with van der Waals surface area (Å²) in [6, 6.07) is 5.63. The Balaban J connectivity index is 2.58. The van der Waals surface area contributed by atoms with Crippen molar-refractivity contribution in [3.63, 3.8) is 0 Å². The molecule has 0 saturated heterocycles. The van der Waals surface area contributed by atoms with Gasteiger partial charge in [-0.15, -0.1) is 0 Å². The minimum atomic E-state index is -1.19. The number of hydrogen-bond acceptors (Lipinski definition) is 1. The van der Waals surface area contributed by atoms with Gasteiger partial charge in [0, 0.05) is 23.0 Å². The van der Waals surface area contributed by atoms with Crippen LogP contribution in [-0.4, -0.2) is 6.54 Å². The van der Waals surface area contributed by atoms with E-state index < -0.39 is 5.67 Å². The van der Waals surface area contributed by atoms with E-state index in [9.17, 15) is 4.39 Å². The SMILES string of the molecule is CC1(F)CCNc2c(Br)cccc21. The third kappa shape index (κ3) is 1.46. The first-order valence-electron chi connectivity index (χ1n) is 4.33. The quantitative estimate of drug-likeness (QED) is 0.737. The van der Waals surface area contributed by atoms with Gasteiger partial charge in [0.15, 0.2) is 0 Å². The van der Waals surface area contributed by atoms with Crippen LogP contribution in [0.5, 0.6) is 0 Å². The molecule has 13 heavy (non-hydrogen) atoms. The zero-order chi connectivity index (χ0) is 9.47. The largest absolute Gasteiger partial charge is 0.384 e. The third-order valence-electron chi connectivity index (χ3n) is 2.47. The molecule has 0 saturated carbocycles. The molecule has 0 fully saturated rings. The minimum absolute atomic E-state index is 0.538. The Labute approximate surface area is 85.5 Å². The van der Waals surface area contributed by atoms with Gasteiger partial charge in [0.25, 0.3) is 0 Å². The summed E-state index contributed by atoms with van der Waals surface area (Å²) < 4.78 is 14.9. The molecular weight excluding hydrogens is 233 g/mol. The second-order valence-electron chi connectivity index (χ2n) is 3.54. The number of halogens is 2. The third-order valence-corrected chi connectivity index (χ3v) is 3.13. The van der Waals surface area contributed by atoms with E-state index >= 15 is 0 Å². The van der Waals surface area contributed by atoms with Crippen LogP contribution in [0, 0.1) is 0 Å². The van der Waals surface area contributed by atoms with E-state index in [2.05, 4.69) is 21.2 Å². The Morgan fingerprint density at radius 1 is 1.54 bits per heavy atom. The Hall–Kier alpha value is -0.570. The van der Waals surface area contributed by atoms with Crippen molar-refractivity contribution in [2.45, 2.75) is 19.0 Å². The lowest BCUT2D eigenvalue weighted by Gasteiger charge is -2.30. The molecule has 1 atom stereocenters. The Bertz CT molecular complexity index is 336. The summed E-state index contributed by atoms with van der Waals surface area (Å²) in [5, 5.41) is 3.20. The Kier molecular flexibility index (Phi) is 2.06. The summed E-state index contributed by atoms with van der Waals surface area (Å²) in [5.74, 6) is 0. The standard InChI is InChI=1S/C10H11BrFN/c1-10(12)5-6-13-9-7(10)3-2-4-8(9)11/h2-4,13H,5-6H2,1H3. The summed E-state index contributed by atoms with van der Waals surface area (Å²) in [4.78, 5) is 0. The molecule has 70 valence electrons.